The molecule has 6 aliphatic rings. The summed E-state index contributed by atoms with van der Waals surface area (Å²) in [5, 5.41) is 37.2. The molecule has 9 atom stereocenters. The Morgan fingerprint density at radius 1 is 1.06 bits per heavy atom. The van der Waals surface area contributed by atoms with Gasteiger partial charge in [0, 0.05) is 39.8 Å². The summed E-state index contributed by atoms with van der Waals surface area (Å²) < 4.78 is 12.9. The number of aliphatic carboxylic acids is 1. The minimum Gasteiger partial charge on any atom is -0.545 e. The first-order valence-corrected chi connectivity index (χ1v) is 18.9. The van der Waals surface area contributed by atoms with E-state index in [1.165, 1.54) is 38.9 Å². The summed E-state index contributed by atoms with van der Waals surface area (Å²) in [6.45, 7) is 21.4. The number of H-pyrrole nitrogens is 1. The summed E-state index contributed by atoms with van der Waals surface area (Å²) in [7, 11) is 0. The van der Waals surface area contributed by atoms with Crippen LogP contribution in [0.2, 0.25) is 0 Å². The fourth-order valence-corrected chi connectivity index (χ4v) is 12.7. The van der Waals surface area contributed by atoms with Crippen LogP contribution in [-0.4, -0.2) is 44.3 Å². The molecule has 0 unspecified atom stereocenters. The smallest absolute Gasteiger partial charge is 0.545 e. The first-order chi connectivity index (χ1) is 23.2. The minimum atomic E-state index is -1.31. The summed E-state index contributed by atoms with van der Waals surface area (Å²) in [6.07, 6.45) is 10.8. The Morgan fingerprint density at radius 3 is 2.43 bits per heavy atom. The maximum atomic E-state index is 12.2. The predicted octanol–water partition coefficient (Wildman–Crippen LogP) is 4.13. The van der Waals surface area contributed by atoms with Gasteiger partial charge in [-0.15, -0.1) is 0 Å². The average molecular weight is 706 g/mol. The Hall–Kier alpha value is -1.71. The van der Waals surface area contributed by atoms with E-state index in [4.69, 9.17) is 9.47 Å². The Morgan fingerprint density at radius 2 is 1.76 bits per heavy atom. The van der Waals surface area contributed by atoms with Gasteiger partial charge in [-0.05, 0) is 150 Å². The second-order valence-electron chi connectivity index (χ2n) is 18.9. The monoisotopic (exact) mass is 705 g/mol. The number of hydrogen-bond donors (Lipinski definition) is 3. The Balaban J connectivity index is 0.00000406. The van der Waals surface area contributed by atoms with Crippen LogP contribution in [0.15, 0.2) is 35.4 Å². The molecule has 8 rings (SSSR count). The molecule has 2 aliphatic heterocycles. The average Bonchev–Trinajstić information content (AvgIpc) is 3.67. The van der Waals surface area contributed by atoms with E-state index in [1.807, 2.05) is 0 Å². The molecule has 0 spiro atoms. The SMILES string of the molecule is CC(C)=CCc1c2c(cc3c4c([nH]c13)[C@@]1(C)[C@@H](CC[C@@H]3[C@]1(C)CC[C@]1(O)O[C@H](/C=C(\C)C(=O)[O-])C[C@@]31C)C4)C1=CC(C)(C)OC(C)(C)[C@H]1[C@@H]2O.[Na+]. The number of carboxylic acids is 1. The van der Waals surface area contributed by atoms with Crippen LogP contribution < -0.4 is 34.7 Å². The second kappa shape index (κ2) is 11.6. The van der Waals surface area contributed by atoms with Crippen molar-refractivity contribution in [2.24, 2.45) is 28.6 Å². The Kier molecular flexibility index (Phi) is 8.59. The van der Waals surface area contributed by atoms with Crippen molar-refractivity contribution < 1.29 is 59.1 Å². The molecule has 1 aromatic heterocycles. The van der Waals surface area contributed by atoms with Crippen LogP contribution >= 0.6 is 0 Å². The number of carboxylic acid groups (broad SMARTS) is 1. The van der Waals surface area contributed by atoms with Gasteiger partial charge in [0.2, 0.25) is 0 Å². The first kappa shape index (κ1) is 37.6. The van der Waals surface area contributed by atoms with Gasteiger partial charge in [-0.25, -0.2) is 0 Å². The van der Waals surface area contributed by atoms with Gasteiger partial charge < -0.3 is 34.6 Å². The molecule has 270 valence electrons. The number of rotatable bonds is 4. The largest absolute Gasteiger partial charge is 1.00 e. The van der Waals surface area contributed by atoms with Gasteiger partial charge in [-0.2, -0.15) is 0 Å². The number of aromatic amines is 1. The van der Waals surface area contributed by atoms with Crippen molar-refractivity contribution >= 4 is 22.4 Å². The molecule has 0 bridgehead atoms. The molecule has 0 amide bonds. The fourth-order valence-electron chi connectivity index (χ4n) is 12.7. The molecule has 2 saturated carbocycles. The number of ether oxygens (including phenoxy) is 2. The Bertz CT molecular complexity index is 1930. The summed E-state index contributed by atoms with van der Waals surface area (Å²) >= 11 is 0. The number of aliphatic hydroxyl groups excluding tert-OH is 1. The van der Waals surface area contributed by atoms with Crippen LogP contribution in [0, 0.1) is 28.6 Å². The van der Waals surface area contributed by atoms with E-state index in [0.717, 1.165) is 43.2 Å². The number of aliphatic hydroxyl groups is 2. The van der Waals surface area contributed by atoms with Gasteiger partial charge >= 0.3 is 29.6 Å². The van der Waals surface area contributed by atoms with Crippen molar-refractivity contribution in [3.05, 3.63) is 63.4 Å². The normalized spacial score (nSPS) is 39.9. The molecule has 2 aromatic rings. The van der Waals surface area contributed by atoms with Crippen molar-refractivity contribution in [2.75, 3.05) is 0 Å². The van der Waals surface area contributed by atoms with Crippen molar-refractivity contribution in [1.82, 2.24) is 4.98 Å². The maximum absolute atomic E-state index is 12.2. The summed E-state index contributed by atoms with van der Waals surface area (Å²) in [5.74, 6) is -1.99. The second-order valence-corrected chi connectivity index (χ2v) is 18.9. The van der Waals surface area contributed by atoms with E-state index in [-0.39, 0.29) is 57.8 Å². The van der Waals surface area contributed by atoms with Crippen molar-refractivity contribution in [3.63, 3.8) is 0 Å². The van der Waals surface area contributed by atoms with Crippen molar-refractivity contribution in [2.45, 2.75) is 149 Å². The number of carbonyl (C=O) groups is 1. The summed E-state index contributed by atoms with van der Waals surface area (Å²) in [4.78, 5) is 15.7. The number of allylic oxidation sites excluding steroid dienone is 2. The molecular formula is C43H56NNaO6. The van der Waals surface area contributed by atoms with Crippen LogP contribution in [0.25, 0.3) is 16.5 Å². The third kappa shape index (κ3) is 4.97. The van der Waals surface area contributed by atoms with Crippen LogP contribution in [-0.2, 0) is 32.5 Å². The molecule has 51 heavy (non-hydrogen) atoms. The van der Waals surface area contributed by atoms with Crippen molar-refractivity contribution in [3.8, 4) is 0 Å². The molecule has 1 aromatic carbocycles. The molecule has 7 nitrogen and oxygen atoms in total. The minimum absolute atomic E-state index is 0. The standard InChI is InChI=1S/C43H57NO6.Na/c1-22(2)11-13-26-32-27(30-21-38(4,5)50-39(6,7)33(30)35(32)45)19-28-29-18-24-12-14-31-40(8,42(24,10)36(29)44-34(26)28)15-16-43(48)41(31,9)20-25(49-43)17-23(3)37(46)47;/h11,17,19,21,24-25,31,33,35,44-45,48H,12-16,18,20H2,1-10H3,(H,46,47);/q;+1/p-1/b23-17+;/t24-,25+,31+,33+,35+,40-,41-,42+,43-;/m0./s1. The van der Waals surface area contributed by atoms with Crippen LogP contribution in [0.4, 0.5) is 0 Å². The third-order valence-electron chi connectivity index (χ3n) is 15.0. The van der Waals surface area contributed by atoms with E-state index in [2.05, 4.69) is 85.5 Å². The summed E-state index contributed by atoms with van der Waals surface area (Å²) in [5.41, 5.74) is 8.12. The van der Waals surface area contributed by atoms with E-state index in [9.17, 15) is 20.1 Å². The maximum Gasteiger partial charge on any atom is 1.00 e. The van der Waals surface area contributed by atoms with Gasteiger partial charge in [0.05, 0.1) is 29.4 Å². The van der Waals surface area contributed by atoms with Gasteiger partial charge in [0.25, 0.3) is 0 Å². The van der Waals surface area contributed by atoms with Gasteiger partial charge in [-0.3, -0.25) is 0 Å². The molecule has 3 fully saturated rings. The van der Waals surface area contributed by atoms with E-state index < -0.39 is 40.6 Å². The van der Waals surface area contributed by atoms with Gasteiger partial charge in [0.1, 0.15) is 0 Å². The molecule has 3 N–H and O–H groups in total. The molecule has 4 aliphatic carbocycles. The molecular weight excluding hydrogens is 649 g/mol. The van der Waals surface area contributed by atoms with Gasteiger partial charge in [-0.1, -0.05) is 38.5 Å². The quantitative estimate of drug-likeness (QED) is 0.251. The van der Waals surface area contributed by atoms with E-state index >= 15 is 0 Å². The zero-order chi connectivity index (χ0) is 36.1. The number of fused-ring (bicyclic) bond motifs is 12. The first-order valence-electron chi connectivity index (χ1n) is 18.9. The van der Waals surface area contributed by atoms with E-state index in [1.54, 1.807) is 13.0 Å². The number of benzene rings is 1. The van der Waals surface area contributed by atoms with E-state index in [0.29, 0.717) is 18.8 Å². The number of aromatic nitrogens is 1. The predicted molar refractivity (Wildman–Crippen MR) is 193 cm³/mol. The van der Waals surface area contributed by atoms with Crippen LogP contribution in [0.1, 0.15) is 135 Å². The zero-order valence-electron chi connectivity index (χ0n) is 32.7. The van der Waals surface area contributed by atoms with Crippen LogP contribution in [0.3, 0.4) is 0 Å². The van der Waals surface area contributed by atoms with Crippen LogP contribution in [0.5, 0.6) is 0 Å². The molecule has 3 heterocycles. The molecule has 8 heteroatoms. The number of hydrogen-bond acceptors (Lipinski definition) is 6. The fraction of sp³-hybridized carbons (Fsp3) is 0.651. The summed E-state index contributed by atoms with van der Waals surface area (Å²) in [6, 6.07) is 2.39. The third-order valence-corrected chi connectivity index (χ3v) is 15.0. The topological polar surface area (TPSA) is 115 Å². The van der Waals surface area contributed by atoms with Crippen molar-refractivity contribution in [1.29, 1.82) is 0 Å². The zero-order valence-corrected chi connectivity index (χ0v) is 34.7. The molecule has 1 saturated heterocycles. The number of nitrogens with one attached hydrogen (secondary N) is 1. The Labute approximate surface area is 325 Å². The molecule has 0 radical (unpaired) electrons. The number of carbonyl (C=O) groups excluding carboxylic acids is 1. The van der Waals surface area contributed by atoms with Gasteiger partial charge in [0.15, 0.2) is 5.79 Å².